The molecule has 1 aromatic heterocycles. The van der Waals surface area contributed by atoms with Gasteiger partial charge in [-0.25, -0.2) is 0 Å². The molecule has 0 saturated carbocycles. The van der Waals surface area contributed by atoms with Crippen LogP contribution in [0.5, 0.6) is 0 Å². The summed E-state index contributed by atoms with van der Waals surface area (Å²) in [6, 6.07) is 6.13. The highest BCUT2D eigenvalue weighted by molar-refractivity contribution is 6.00. The largest absolute Gasteiger partial charge is 0.361 e. The van der Waals surface area contributed by atoms with Crippen molar-refractivity contribution in [2.75, 3.05) is 6.54 Å². The highest BCUT2D eigenvalue weighted by Crippen LogP contribution is 2.27. The summed E-state index contributed by atoms with van der Waals surface area (Å²) in [6.07, 6.45) is 2.94. The lowest BCUT2D eigenvalue weighted by Crippen LogP contribution is -2.28. The second-order valence-electron chi connectivity index (χ2n) is 5.92. The molecule has 0 fully saturated rings. The molecule has 2 aromatic rings. The molecule has 1 heterocycles. The van der Waals surface area contributed by atoms with Crippen LogP contribution in [0, 0.1) is 5.92 Å². The molecule has 0 aliphatic carbocycles. The molecule has 0 aliphatic rings. The van der Waals surface area contributed by atoms with Crippen molar-refractivity contribution in [3.63, 3.8) is 0 Å². The molecule has 1 atom stereocenters. The molecule has 3 nitrogen and oxygen atoms in total. The molecule has 1 unspecified atom stereocenters. The fraction of sp³-hybridized carbons (Fsp3) is 0.471. The summed E-state index contributed by atoms with van der Waals surface area (Å²) in [5.41, 5.74) is 3.04. The van der Waals surface area contributed by atoms with E-state index < -0.39 is 0 Å². The third-order valence-corrected chi connectivity index (χ3v) is 3.78. The average molecular weight is 276 g/mol. The summed E-state index contributed by atoms with van der Waals surface area (Å²) in [7, 11) is 0. The van der Waals surface area contributed by atoms with Crippen LogP contribution in [0.3, 0.4) is 0 Å². The van der Waals surface area contributed by atoms with Crippen molar-refractivity contribution in [3.8, 4) is 0 Å². The second kappa shape index (κ2) is 6.12. The third kappa shape index (κ3) is 3.03. The normalized spacial score (nSPS) is 12.8. The zero-order valence-corrected chi connectivity index (χ0v) is 12.8. The molecular weight excluding hydrogens is 248 g/mol. The quantitative estimate of drug-likeness (QED) is 0.826. The number of aromatic amines is 1. The van der Waals surface area contributed by atoms with Crippen molar-refractivity contribution in [1.29, 1.82) is 0 Å². The molecule has 0 aliphatic heterocycles. The fourth-order valence-electron chi connectivity index (χ4n) is 2.33. The predicted octanol–water partition coefficient (Wildman–Crippen LogP) is 4.56. The Morgan fingerprint density at radius 3 is 2.75 bits per heavy atom. The van der Waals surface area contributed by atoms with Crippen molar-refractivity contribution in [1.82, 2.24) is 10.3 Å². The SMILES string of the molecule is CCC(C)c1cc2[nH]ccc2cc1C(=O)NCC(C)C.[HH].[HH]. The standard InChI is InChI=1S/C17H24N2O.2H2/c1-5-12(4)14-9-16-13(6-7-18-16)8-15(14)17(20)19-10-11(2)3;;/h6-9,11-12,18H,5,10H2,1-4H3,(H,19,20);2*1H. The molecule has 0 saturated heterocycles. The first-order valence-corrected chi connectivity index (χ1v) is 7.42. The van der Waals surface area contributed by atoms with E-state index in [-0.39, 0.29) is 8.76 Å². The minimum Gasteiger partial charge on any atom is -0.361 e. The molecule has 20 heavy (non-hydrogen) atoms. The van der Waals surface area contributed by atoms with E-state index in [4.69, 9.17) is 0 Å². The lowest BCUT2D eigenvalue weighted by atomic mass is 9.92. The Hall–Kier alpha value is -1.77. The Labute approximate surface area is 123 Å². The summed E-state index contributed by atoms with van der Waals surface area (Å²) >= 11 is 0. The molecule has 0 bridgehead atoms. The van der Waals surface area contributed by atoms with Gasteiger partial charge in [-0.3, -0.25) is 4.79 Å². The summed E-state index contributed by atoms with van der Waals surface area (Å²) in [6.45, 7) is 9.24. The van der Waals surface area contributed by atoms with E-state index in [9.17, 15) is 4.79 Å². The highest BCUT2D eigenvalue weighted by atomic mass is 16.1. The number of nitrogens with one attached hydrogen (secondary N) is 2. The molecule has 3 heteroatoms. The van der Waals surface area contributed by atoms with Crippen LogP contribution in [-0.4, -0.2) is 17.4 Å². The van der Waals surface area contributed by atoms with Gasteiger partial charge in [0.2, 0.25) is 0 Å². The Balaban J connectivity index is 0.00000220. The van der Waals surface area contributed by atoms with Gasteiger partial charge in [0.25, 0.3) is 5.91 Å². The summed E-state index contributed by atoms with van der Waals surface area (Å²) in [4.78, 5) is 15.7. The van der Waals surface area contributed by atoms with Gasteiger partial charge in [0.1, 0.15) is 0 Å². The van der Waals surface area contributed by atoms with Crippen LogP contribution in [-0.2, 0) is 0 Å². The maximum atomic E-state index is 12.4. The first kappa shape index (κ1) is 14.6. The van der Waals surface area contributed by atoms with Crippen molar-refractivity contribution < 1.29 is 7.65 Å². The third-order valence-electron chi connectivity index (χ3n) is 3.78. The molecule has 1 aromatic carbocycles. The number of H-pyrrole nitrogens is 1. The summed E-state index contributed by atoms with van der Waals surface area (Å²) < 4.78 is 0. The van der Waals surface area contributed by atoms with Crippen LogP contribution in [0.1, 0.15) is 58.8 Å². The maximum absolute atomic E-state index is 12.4. The number of hydrogen-bond acceptors (Lipinski definition) is 1. The van der Waals surface area contributed by atoms with Crippen molar-refractivity contribution in [3.05, 3.63) is 35.5 Å². The van der Waals surface area contributed by atoms with Gasteiger partial charge in [0.15, 0.2) is 0 Å². The topological polar surface area (TPSA) is 44.9 Å². The van der Waals surface area contributed by atoms with Crippen LogP contribution in [0.4, 0.5) is 0 Å². The van der Waals surface area contributed by atoms with E-state index in [2.05, 4.69) is 44.1 Å². The van der Waals surface area contributed by atoms with Gasteiger partial charge < -0.3 is 10.3 Å². The molecular formula is C17H28N2O. The van der Waals surface area contributed by atoms with Crippen molar-refractivity contribution >= 4 is 16.8 Å². The van der Waals surface area contributed by atoms with E-state index in [0.717, 1.165) is 28.5 Å². The van der Waals surface area contributed by atoms with Crippen molar-refractivity contribution in [2.24, 2.45) is 5.92 Å². The number of fused-ring (bicyclic) bond motifs is 1. The Morgan fingerprint density at radius 2 is 2.10 bits per heavy atom. The van der Waals surface area contributed by atoms with E-state index in [1.54, 1.807) is 0 Å². The molecule has 2 N–H and O–H groups in total. The van der Waals surface area contributed by atoms with E-state index in [0.29, 0.717) is 18.4 Å². The minimum atomic E-state index is 0. The highest BCUT2D eigenvalue weighted by Gasteiger charge is 2.17. The van der Waals surface area contributed by atoms with Crippen LogP contribution >= 0.6 is 0 Å². The number of aromatic nitrogens is 1. The van der Waals surface area contributed by atoms with Gasteiger partial charge in [-0.05, 0) is 42.0 Å². The zero-order valence-electron chi connectivity index (χ0n) is 12.8. The minimum absolute atomic E-state index is 0. The smallest absolute Gasteiger partial charge is 0.251 e. The predicted molar refractivity (Wildman–Crippen MR) is 88.4 cm³/mol. The lowest BCUT2D eigenvalue weighted by Gasteiger charge is -2.16. The Bertz CT molecular complexity index is 608. The van der Waals surface area contributed by atoms with Gasteiger partial charge in [0.05, 0.1) is 0 Å². The van der Waals surface area contributed by atoms with E-state index in [1.165, 1.54) is 0 Å². The van der Waals surface area contributed by atoms with Crippen LogP contribution in [0.25, 0.3) is 10.9 Å². The summed E-state index contributed by atoms with van der Waals surface area (Å²) in [5, 5.41) is 4.12. The van der Waals surface area contributed by atoms with E-state index >= 15 is 0 Å². The number of carbonyl (C=O) groups is 1. The van der Waals surface area contributed by atoms with Crippen molar-refractivity contribution in [2.45, 2.75) is 40.0 Å². The molecule has 1 amide bonds. The molecule has 0 spiro atoms. The number of hydrogen-bond donors (Lipinski definition) is 2. The first-order valence-electron chi connectivity index (χ1n) is 7.42. The monoisotopic (exact) mass is 276 g/mol. The molecule has 112 valence electrons. The molecule has 2 rings (SSSR count). The van der Waals surface area contributed by atoms with Gasteiger partial charge in [-0.2, -0.15) is 0 Å². The summed E-state index contributed by atoms with van der Waals surface area (Å²) in [5.74, 6) is 0.876. The van der Waals surface area contributed by atoms with Crippen LogP contribution in [0.2, 0.25) is 0 Å². The second-order valence-corrected chi connectivity index (χ2v) is 5.92. The zero-order chi connectivity index (χ0) is 14.7. The molecule has 0 radical (unpaired) electrons. The van der Waals surface area contributed by atoms with Gasteiger partial charge in [-0.1, -0.05) is 27.7 Å². The Kier molecular flexibility index (Phi) is 4.48. The maximum Gasteiger partial charge on any atom is 0.251 e. The van der Waals surface area contributed by atoms with Gasteiger partial charge in [-0.15, -0.1) is 0 Å². The van der Waals surface area contributed by atoms with E-state index in [1.807, 2.05) is 18.3 Å². The van der Waals surface area contributed by atoms with Crippen LogP contribution < -0.4 is 5.32 Å². The number of benzene rings is 1. The number of amides is 1. The number of carbonyl (C=O) groups excluding carboxylic acids is 1. The van der Waals surface area contributed by atoms with Crippen LogP contribution in [0.15, 0.2) is 24.4 Å². The fourth-order valence-corrected chi connectivity index (χ4v) is 2.33. The number of rotatable bonds is 5. The van der Waals surface area contributed by atoms with Gasteiger partial charge in [0, 0.05) is 32.1 Å². The Morgan fingerprint density at radius 1 is 1.35 bits per heavy atom. The first-order chi connectivity index (χ1) is 9.52. The average Bonchev–Trinajstić information content (AvgIpc) is 2.89. The van der Waals surface area contributed by atoms with Gasteiger partial charge >= 0.3 is 0 Å². The lowest BCUT2D eigenvalue weighted by molar-refractivity contribution is 0.0948.